The number of aryl methyl sites for hydroxylation is 2. The lowest BCUT2D eigenvalue weighted by atomic mass is 10.2. The maximum atomic E-state index is 11.8. The summed E-state index contributed by atoms with van der Waals surface area (Å²) in [5, 5.41) is 0. The number of hydrogen-bond donors (Lipinski definition) is 1. The lowest BCUT2D eigenvalue weighted by molar-refractivity contribution is 0.0962. The van der Waals surface area contributed by atoms with Crippen LogP contribution < -0.4 is 0 Å². The van der Waals surface area contributed by atoms with E-state index in [9.17, 15) is 4.79 Å². The number of nitrogens with one attached hydrogen (secondary N) is 1. The zero-order chi connectivity index (χ0) is 10.1. The third-order valence-corrected chi connectivity index (χ3v) is 2.60. The third-order valence-electron chi connectivity index (χ3n) is 2.60. The van der Waals surface area contributed by atoms with Crippen molar-refractivity contribution >= 4 is 5.78 Å². The molecule has 0 aliphatic heterocycles. The van der Waals surface area contributed by atoms with Crippen LogP contribution in [0.5, 0.6) is 0 Å². The second kappa shape index (κ2) is 3.56. The Kier molecular flexibility index (Phi) is 2.40. The largest absolute Gasteiger partial charge is 0.345 e. The van der Waals surface area contributed by atoms with Crippen LogP contribution in [0.2, 0.25) is 0 Å². The predicted molar refractivity (Wildman–Crippen MR) is 54.4 cm³/mol. The van der Waals surface area contributed by atoms with Gasteiger partial charge in [0.2, 0.25) is 0 Å². The fourth-order valence-corrected chi connectivity index (χ4v) is 1.66. The van der Waals surface area contributed by atoms with E-state index in [1.54, 1.807) is 0 Å². The van der Waals surface area contributed by atoms with E-state index >= 15 is 0 Å². The highest BCUT2D eigenvalue weighted by Gasteiger charge is 2.32. The van der Waals surface area contributed by atoms with Gasteiger partial charge >= 0.3 is 0 Å². The standard InChI is InChI=1S/C11H16N2O/c1-3-4-9-12-7(2)10(13-9)11(14)8-5-6-8/h8H,3-6H2,1-2H3,(H,12,13). The van der Waals surface area contributed by atoms with Gasteiger partial charge in [-0.2, -0.15) is 0 Å². The minimum atomic E-state index is 0.237. The molecule has 1 aliphatic carbocycles. The summed E-state index contributed by atoms with van der Waals surface area (Å²) < 4.78 is 0. The van der Waals surface area contributed by atoms with Crippen molar-refractivity contribution in [3.8, 4) is 0 Å². The average molecular weight is 192 g/mol. The number of aromatic nitrogens is 2. The van der Waals surface area contributed by atoms with Crippen LogP contribution in [-0.4, -0.2) is 15.8 Å². The molecule has 2 rings (SSSR count). The van der Waals surface area contributed by atoms with Crippen molar-refractivity contribution in [1.82, 2.24) is 9.97 Å². The van der Waals surface area contributed by atoms with Crippen LogP contribution in [0, 0.1) is 12.8 Å². The van der Waals surface area contributed by atoms with Crippen LogP contribution in [0.3, 0.4) is 0 Å². The van der Waals surface area contributed by atoms with E-state index in [0.717, 1.165) is 37.2 Å². The smallest absolute Gasteiger partial charge is 0.186 e. The molecule has 14 heavy (non-hydrogen) atoms. The molecule has 76 valence electrons. The summed E-state index contributed by atoms with van der Waals surface area (Å²) in [6, 6.07) is 0. The highest BCUT2D eigenvalue weighted by molar-refractivity contribution is 5.98. The summed E-state index contributed by atoms with van der Waals surface area (Å²) in [7, 11) is 0. The van der Waals surface area contributed by atoms with Crippen molar-refractivity contribution in [2.45, 2.75) is 39.5 Å². The van der Waals surface area contributed by atoms with Crippen LogP contribution in [0.25, 0.3) is 0 Å². The van der Waals surface area contributed by atoms with E-state index in [2.05, 4.69) is 16.9 Å². The molecule has 3 heteroatoms. The normalized spacial score (nSPS) is 15.9. The number of carbonyl (C=O) groups excluding carboxylic acids is 1. The van der Waals surface area contributed by atoms with Crippen molar-refractivity contribution in [2.24, 2.45) is 5.92 Å². The Bertz CT molecular complexity index is 350. The zero-order valence-electron chi connectivity index (χ0n) is 8.76. The van der Waals surface area contributed by atoms with Crippen molar-refractivity contribution in [1.29, 1.82) is 0 Å². The topological polar surface area (TPSA) is 45.8 Å². The first-order valence-electron chi connectivity index (χ1n) is 5.32. The monoisotopic (exact) mass is 192 g/mol. The highest BCUT2D eigenvalue weighted by atomic mass is 16.1. The highest BCUT2D eigenvalue weighted by Crippen LogP contribution is 2.32. The van der Waals surface area contributed by atoms with Crippen LogP contribution in [0.1, 0.15) is 48.2 Å². The summed E-state index contributed by atoms with van der Waals surface area (Å²) in [4.78, 5) is 19.3. The lowest BCUT2D eigenvalue weighted by Gasteiger charge is -1.92. The molecule has 0 aromatic carbocycles. The number of rotatable bonds is 4. The van der Waals surface area contributed by atoms with Crippen molar-refractivity contribution in [3.05, 3.63) is 17.2 Å². The molecule has 0 atom stereocenters. The van der Waals surface area contributed by atoms with Gasteiger partial charge in [0.25, 0.3) is 0 Å². The minimum absolute atomic E-state index is 0.237. The fourth-order valence-electron chi connectivity index (χ4n) is 1.66. The van der Waals surface area contributed by atoms with Crippen molar-refractivity contribution in [3.63, 3.8) is 0 Å². The van der Waals surface area contributed by atoms with E-state index in [-0.39, 0.29) is 11.7 Å². The van der Waals surface area contributed by atoms with Crippen LogP contribution in [0.4, 0.5) is 0 Å². The van der Waals surface area contributed by atoms with Gasteiger partial charge in [0.15, 0.2) is 5.78 Å². The SMILES string of the molecule is CCCc1nc(C(=O)C2CC2)c(C)[nH]1. The number of hydrogen-bond acceptors (Lipinski definition) is 2. The molecule has 0 amide bonds. The molecule has 0 bridgehead atoms. The first kappa shape index (κ1) is 9.44. The molecule has 0 unspecified atom stereocenters. The number of aromatic amines is 1. The third kappa shape index (κ3) is 1.72. The Morgan fingerprint density at radius 1 is 1.57 bits per heavy atom. The van der Waals surface area contributed by atoms with Gasteiger partial charge in [0.05, 0.1) is 0 Å². The Morgan fingerprint density at radius 3 is 2.86 bits per heavy atom. The second-order valence-electron chi connectivity index (χ2n) is 4.05. The second-order valence-corrected chi connectivity index (χ2v) is 4.05. The van der Waals surface area contributed by atoms with E-state index in [1.807, 2.05) is 6.92 Å². The lowest BCUT2D eigenvalue weighted by Crippen LogP contribution is -2.03. The van der Waals surface area contributed by atoms with E-state index in [1.165, 1.54) is 0 Å². The van der Waals surface area contributed by atoms with Crippen LogP contribution >= 0.6 is 0 Å². The fraction of sp³-hybridized carbons (Fsp3) is 0.636. The number of Topliss-reactive ketones (excluding diaryl/α,β-unsaturated/α-hetero) is 1. The molecule has 3 nitrogen and oxygen atoms in total. The molecule has 1 N–H and O–H groups in total. The van der Waals surface area contributed by atoms with E-state index in [4.69, 9.17) is 0 Å². The van der Waals surface area contributed by atoms with Gasteiger partial charge in [0, 0.05) is 18.0 Å². The molecule has 1 aromatic rings. The number of imidazole rings is 1. The molecule has 0 saturated heterocycles. The molecule has 1 aliphatic rings. The van der Waals surface area contributed by atoms with E-state index in [0.29, 0.717) is 5.69 Å². The number of ketones is 1. The molecular weight excluding hydrogens is 176 g/mol. The number of carbonyl (C=O) groups is 1. The molecule has 1 heterocycles. The summed E-state index contributed by atoms with van der Waals surface area (Å²) >= 11 is 0. The van der Waals surface area contributed by atoms with Gasteiger partial charge in [0.1, 0.15) is 11.5 Å². The molecule has 1 fully saturated rings. The van der Waals surface area contributed by atoms with E-state index < -0.39 is 0 Å². The van der Waals surface area contributed by atoms with Crippen molar-refractivity contribution in [2.75, 3.05) is 0 Å². The molecule has 1 aromatic heterocycles. The quantitative estimate of drug-likeness (QED) is 0.744. The maximum absolute atomic E-state index is 11.8. The first-order valence-corrected chi connectivity index (χ1v) is 5.32. The minimum Gasteiger partial charge on any atom is -0.345 e. The van der Waals surface area contributed by atoms with Crippen molar-refractivity contribution < 1.29 is 4.79 Å². The Morgan fingerprint density at radius 2 is 2.29 bits per heavy atom. The average Bonchev–Trinajstić information content (AvgIpc) is 2.91. The van der Waals surface area contributed by atoms with Gasteiger partial charge in [-0.1, -0.05) is 6.92 Å². The number of nitrogens with zero attached hydrogens (tertiary/aromatic N) is 1. The molecular formula is C11H16N2O. The van der Waals surface area contributed by atoms with Gasteiger partial charge in [-0.15, -0.1) is 0 Å². The van der Waals surface area contributed by atoms with Gasteiger partial charge in [-0.3, -0.25) is 4.79 Å². The Balaban J connectivity index is 2.19. The summed E-state index contributed by atoms with van der Waals surface area (Å²) in [5.41, 5.74) is 1.61. The van der Waals surface area contributed by atoms with Gasteiger partial charge in [-0.25, -0.2) is 4.98 Å². The molecule has 0 spiro atoms. The molecule has 1 saturated carbocycles. The molecule has 0 radical (unpaired) electrons. The first-order chi connectivity index (χ1) is 6.72. The zero-order valence-corrected chi connectivity index (χ0v) is 8.76. The summed E-state index contributed by atoms with van der Waals surface area (Å²) in [6.45, 7) is 4.04. The van der Waals surface area contributed by atoms with Crippen LogP contribution in [-0.2, 0) is 6.42 Å². The van der Waals surface area contributed by atoms with Gasteiger partial charge < -0.3 is 4.98 Å². The van der Waals surface area contributed by atoms with Gasteiger partial charge in [-0.05, 0) is 26.2 Å². The van der Waals surface area contributed by atoms with Crippen LogP contribution in [0.15, 0.2) is 0 Å². The summed E-state index contributed by atoms with van der Waals surface area (Å²) in [5.74, 6) is 1.46. The maximum Gasteiger partial charge on any atom is 0.186 e. The Hall–Kier alpha value is -1.12. The summed E-state index contributed by atoms with van der Waals surface area (Å²) in [6.07, 6.45) is 4.09. The Labute approximate surface area is 83.9 Å². The number of H-pyrrole nitrogens is 1. The predicted octanol–water partition coefficient (Wildman–Crippen LogP) is 2.26.